The van der Waals surface area contributed by atoms with E-state index in [9.17, 15) is 13.2 Å². The number of nitrogens with zero attached hydrogens (tertiary/aromatic N) is 1. The van der Waals surface area contributed by atoms with E-state index in [-0.39, 0.29) is 0 Å². The van der Waals surface area contributed by atoms with Crippen molar-refractivity contribution in [2.75, 3.05) is 0 Å². The largest absolute Gasteiger partial charge is 0.456 e. The van der Waals surface area contributed by atoms with Gasteiger partial charge in [0.25, 0.3) is 0 Å². The predicted octanol–water partition coefficient (Wildman–Crippen LogP) is 11.8. The summed E-state index contributed by atoms with van der Waals surface area (Å²) in [7, 11) is 0. The molecule has 0 atom stereocenters. The Morgan fingerprint density at radius 1 is 0.444 bits per heavy atom. The molecule has 2 aromatic heterocycles. The zero-order valence-electron chi connectivity index (χ0n) is 23.8. The number of para-hydroxylation sites is 1. The van der Waals surface area contributed by atoms with Gasteiger partial charge in [-0.2, -0.15) is 13.2 Å². The minimum Gasteiger partial charge on any atom is -0.456 e. The van der Waals surface area contributed by atoms with Crippen LogP contribution in [0.3, 0.4) is 0 Å². The van der Waals surface area contributed by atoms with Crippen molar-refractivity contribution in [2.24, 2.45) is 0 Å². The number of rotatable bonds is 4. The molecule has 0 unspecified atom stereocenters. The molecule has 0 fully saturated rings. The summed E-state index contributed by atoms with van der Waals surface area (Å²) in [5.74, 6) is 0. The molecule has 0 radical (unpaired) electrons. The van der Waals surface area contributed by atoms with Crippen molar-refractivity contribution in [3.8, 4) is 44.5 Å². The number of benzene rings is 6. The number of alkyl halides is 3. The SMILES string of the molecule is FC(F)(F)c1ccc(-c2ccc(-c3ccc4cc(-c5ccc(-c6ccc7oc8ccccc8c7c6)cc5)cnc4c3)cc2)cc1. The number of furan rings is 1. The van der Waals surface area contributed by atoms with E-state index in [1.807, 2.05) is 54.7 Å². The van der Waals surface area contributed by atoms with E-state index in [2.05, 4.69) is 66.7 Å². The highest BCUT2D eigenvalue weighted by molar-refractivity contribution is 6.06. The van der Waals surface area contributed by atoms with E-state index >= 15 is 0 Å². The van der Waals surface area contributed by atoms with Crippen LogP contribution in [0.25, 0.3) is 77.3 Å². The molecule has 8 rings (SSSR count). The van der Waals surface area contributed by atoms with Crippen molar-refractivity contribution < 1.29 is 17.6 Å². The molecular formula is C40H24F3NO. The van der Waals surface area contributed by atoms with Crippen LogP contribution in [0.4, 0.5) is 13.2 Å². The molecule has 0 aliphatic heterocycles. The summed E-state index contributed by atoms with van der Waals surface area (Å²) in [4.78, 5) is 4.77. The summed E-state index contributed by atoms with van der Waals surface area (Å²) >= 11 is 0. The van der Waals surface area contributed by atoms with Gasteiger partial charge in [0.05, 0.1) is 11.1 Å². The lowest BCUT2D eigenvalue weighted by molar-refractivity contribution is -0.137. The molecule has 0 spiro atoms. The Balaban J connectivity index is 1.02. The summed E-state index contributed by atoms with van der Waals surface area (Å²) in [5.41, 5.74) is 10.0. The number of aromatic nitrogens is 1. The second-order valence-corrected chi connectivity index (χ2v) is 11.2. The molecule has 0 aliphatic carbocycles. The summed E-state index contributed by atoms with van der Waals surface area (Å²) in [6.45, 7) is 0. The van der Waals surface area contributed by atoms with Crippen molar-refractivity contribution in [2.45, 2.75) is 6.18 Å². The molecule has 5 heteroatoms. The molecular weight excluding hydrogens is 567 g/mol. The molecule has 8 aromatic rings. The Kier molecular flexibility index (Phi) is 6.27. The Hall–Kier alpha value is -5.68. The molecule has 2 nitrogen and oxygen atoms in total. The first-order valence-corrected chi connectivity index (χ1v) is 14.6. The van der Waals surface area contributed by atoms with Gasteiger partial charge < -0.3 is 4.42 Å². The van der Waals surface area contributed by atoms with Gasteiger partial charge >= 0.3 is 6.18 Å². The lowest BCUT2D eigenvalue weighted by Crippen LogP contribution is -2.03. The summed E-state index contributed by atoms with van der Waals surface area (Å²) < 4.78 is 44.7. The van der Waals surface area contributed by atoms with E-state index in [1.54, 1.807) is 0 Å². The third kappa shape index (κ3) is 5.02. The number of halogens is 3. The Labute approximate surface area is 257 Å². The van der Waals surface area contributed by atoms with Gasteiger partial charge in [-0.3, -0.25) is 4.98 Å². The van der Waals surface area contributed by atoms with Crippen LogP contribution in [0.2, 0.25) is 0 Å². The van der Waals surface area contributed by atoms with Crippen molar-refractivity contribution in [3.05, 3.63) is 151 Å². The highest BCUT2D eigenvalue weighted by Crippen LogP contribution is 2.35. The third-order valence-corrected chi connectivity index (χ3v) is 8.38. The van der Waals surface area contributed by atoms with Crippen LogP contribution in [0, 0.1) is 0 Å². The zero-order valence-corrected chi connectivity index (χ0v) is 23.8. The molecule has 0 saturated heterocycles. The number of fused-ring (bicyclic) bond motifs is 4. The average Bonchev–Trinajstić information content (AvgIpc) is 3.46. The highest BCUT2D eigenvalue weighted by atomic mass is 19.4. The molecule has 0 bridgehead atoms. The van der Waals surface area contributed by atoms with E-state index in [1.165, 1.54) is 12.1 Å². The van der Waals surface area contributed by atoms with Crippen molar-refractivity contribution in [1.82, 2.24) is 4.98 Å². The maximum absolute atomic E-state index is 12.9. The second kappa shape index (κ2) is 10.5. The maximum Gasteiger partial charge on any atom is 0.416 e. The van der Waals surface area contributed by atoms with E-state index in [0.29, 0.717) is 0 Å². The van der Waals surface area contributed by atoms with Crippen LogP contribution in [0.5, 0.6) is 0 Å². The van der Waals surface area contributed by atoms with Crippen LogP contribution >= 0.6 is 0 Å². The van der Waals surface area contributed by atoms with E-state index in [0.717, 1.165) is 89.5 Å². The average molecular weight is 592 g/mol. The van der Waals surface area contributed by atoms with Crippen molar-refractivity contribution in [1.29, 1.82) is 0 Å². The molecule has 0 N–H and O–H groups in total. The summed E-state index contributed by atoms with van der Waals surface area (Å²) in [6.07, 6.45) is -2.44. The van der Waals surface area contributed by atoms with Gasteiger partial charge in [-0.05, 0) is 81.4 Å². The Morgan fingerprint density at radius 2 is 0.956 bits per heavy atom. The van der Waals surface area contributed by atoms with Gasteiger partial charge in [0.1, 0.15) is 11.2 Å². The molecule has 216 valence electrons. The fraction of sp³-hybridized carbons (Fsp3) is 0.0250. The lowest BCUT2D eigenvalue weighted by atomic mass is 9.97. The van der Waals surface area contributed by atoms with E-state index < -0.39 is 11.7 Å². The summed E-state index contributed by atoms with van der Waals surface area (Å²) in [6, 6.07) is 44.4. The van der Waals surface area contributed by atoms with Crippen LogP contribution in [0.1, 0.15) is 5.56 Å². The standard InChI is InChI=1S/C40H24F3NO/c41-40(42,43)34-18-15-26(16-19-34)25-5-7-28(8-6-25)31-13-14-32-21-33(24-44-37(32)23-31)29-11-9-27(10-12-29)30-17-20-39-36(22-30)35-3-1-2-4-38(35)45-39/h1-24H. The fourth-order valence-electron chi connectivity index (χ4n) is 5.93. The molecule has 45 heavy (non-hydrogen) atoms. The molecule has 2 heterocycles. The quantitative estimate of drug-likeness (QED) is 0.203. The lowest BCUT2D eigenvalue weighted by Gasteiger charge is -2.09. The van der Waals surface area contributed by atoms with Crippen LogP contribution in [-0.2, 0) is 6.18 Å². The highest BCUT2D eigenvalue weighted by Gasteiger charge is 2.30. The monoisotopic (exact) mass is 591 g/mol. The topological polar surface area (TPSA) is 26.0 Å². The van der Waals surface area contributed by atoms with Crippen molar-refractivity contribution >= 4 is 32.8 Å². The fourth-order valence-corrected chi connectivity index (χ4v) is 5.93. The number of hydrogen-bond acceptors (Lipinski definition) is 2. The van der Waals surface area contributed by atoms with Crippen molar-refractivity contribution in [3.63, 3.8) is 0 Å². The van der Waals surface area contributed by atoms with Gasteiger partial charge in [0.15, 0.2) is 0 Å². The number of hydrogen-bond donors (Lipinski definition) is 0. The smallest absolute Gasteiger partial charge is 0.416 e. The second-order valence-electron chi connectivity index (χ2n) is 11.2. The third-order valence-electron chi connectivity index (χ3n) is 8.38. The minimum absolute atomic E-state index is 0.649. The molecule has 0 aliphatic rings. The molecule has 6 aromatic carbocycles. The normalized spacial score (nSPS) is 11.9. The van der Waals surface area contributed by atoms with Crippen LogP contribution in [-0.4, -0.2) is 4.98 Å². The first kappa shape index (κ1) is 26.9. The predicted molar refractivity (Wildman–Crippen MR) is 176 cm³/mol. The van der Waals surface area contributed by atoms with Gasteiger partial charge in [0, 0.05) is 27.9 Å². The first-order chi connectivity index (χ1) is 21.9. The van der Waals surface area contributed by atoms with Gasteiger partial charge in [0.2, 0.25) is 0 Å². The summed E-state index contributed by atoms with van der Waals surface area (Å²) in [5, 5.41) is 3.27. The van der Waals surface area contributed by atoms with Gasteiger partial charge in [-0.15, -0.1) is 0 Å². The Morgan fingerprint density at radius 3 is 1.62 bits per heavy atom. The minimum atomic E-state index is -4.34. The van der Waals surface area contributed by atoms with Gasteiger partial charge in [-0.1, -0.05) is 97.1 Å². The first-order valence-electron chi connectivity index (χ1n) is 14.6. The number of pyridine rings is 1. The van der Waals surface area contributed by atoms with Crippen LogP contribution < -0.4 is 0 Å². The molecule has 0 saturated carbocycles. The van der Waals surface area contributed by atoms with Gasteiger partial charge in [-0.25, -0.2) is 0 Å². The Bertz CT molecular complexity index is 2330. The molecule has 0 amide bonds. The zero-order chi connectivity index (χ0) is 30.5. The van der Waals surface area contributed by atoms with Crippen LogP contribution in [0.15, 0.2) is 150 Å². The maximum atomic E-state index is 12.9. The van der Waals surface area contributed by atoms with E-state index in [4.69, 9.17) is 9.40 Å².